The van der Waals surface area contributed by atoms with E-state index in [9.17, 15) is 4.79 Å². The number of methoxy groups -OCH3 is 1. The monoisotopic (exact) mass is 270 g/mol. The molecule has 2 aromatic rings. The molecule has 0 bridgehead atoms. The number of hydrogen-bond acceptors (Lipinski definition) is 4. The molecule has 0 saturated carbocycles. The van der Waals surface area contributed by atoms with E-state index < -0.39 is 5.54 Å². The van der Waals surface area contributed by atoms with Crippen LogP contribution in [0.5, 0.6) is 5.75 Å². The van der Waals surface area contributed by atoms with E-state index >= 15 is 0 Å². The average molecular weight is 270 g/mol. The first-order chi connectivity index (χ1) is 9.61. The smallest absolute Gasteiger partial charge is 0.188 e. The van der Waals surface area contributed by atoms with E-state index in [0.717, 1.165) is 0 Å². The zero-order chi connectivity index (χ0) is 14.6. The lowest BCUT2D eigenvalue weighted by atomic mass is 9.83. The standard InChI is InChI=1S/C16H18N2O2/c1-20-14-9-7-12(8-10-14)15(19)16(18,11-17)13-5-3-2-4-6-13/h2-10H,11,17-18H2,1H3. The SMILES string of the molecule is COc1ccc(C(=O)C(N)(CN)c2ccccc2)cc1. The van der Waals surface area contributed by atoms with Gasteiger partial charge in [-0.3, -0.25) is 4.79 Å². The van der Waals surface area contributed by atoms with Gasteiger partial charge in [0.05, 0.1) is 7.11 Å². The fourth-order valence-electron chi connectivity index (χ4n) is 2.08. The Kier molecular flexibility index (Phi) is 4.17. The van der Waals surface area contributed by atoms with Crippen molar-refractivity contribution in [3.05, 3.63) is 65.7 Å². The van der Waals surface area contributed by atoms with Crippen molar-refractivity contribution in [3.63, 3.8) is 0 Å². The van der Waals surface area contributed by atoms with Crippen LogP contribution < -0.4 is 16.2 Å². The molecule has 20 heavy (non-hydrogen) atoms. The quantitative estimate of drug-likeness (QED) is 0.810. The summed E-state index contributed by atoms with van der Waals surface area (Å²) < 4.78 is 5.08. The minimum absolute atomic E-state index is 0.0435. The van der Waals surface area contributed by atoms with Crippen molar-refractivity contribution in [1.82, 2.24) is 0 Å². The molecule has 0 spiro atoms. The molecule has 2 rings (SSSR count). The number of rotatable bonds is 5. The number of benzene rings is 2. The lowest BCUT2D eigenvalue weighted by molar-refractivity contribution is 0.0892. The second-order valence-corrected chi connectivity index (χ2v) is 4.60. The molecule has 0 saturated heterocycles. The Morgan fingerprint density at radius 3 is 2.20 bits per heavy atom. The predicted octanol–water partition coefficient (Wildman–Crippen LogP) is 1.69. The Bertz CT molecular complexity index is 581. The maximum absolute atomic E-state index is 12.7. The van der Waals surface area contributed by atoms with Gasteiger partial charge in [-0.05, 0) is 29.8 Å². The van der Waals surface area contributed by atoms with E-state index in [0.29, 0.717) is 16.9 Å². The highest BCUT2D eigenvalue weighted by molar-refractivity contribution is 6.04. The fraction of sp³-hybridized carbons (Fsp3) is 0.188. The molecule has 1 atom stereocenters. The van der Waals surface area contributed by atoms with Crippen LogP contribution in [0.3, 0.4) is 0 Å². The molecule has 0 radical (unpaired) electrons. The average Bonchev–Trinajstić information content (AvgIpc) is 2.54. The highest BCUT2D eigenvalue weighted by Gasteiger charge is 2.35. The summed E-state index contributed by atoms with van der Waals surface area (Å²) >= 11 is 0. The molecular weight excluding hydrogens is 252 g/mol. The van der Waals surface area contributed by atoms with Crippen LogP contribution in [0.2, 0.25) is 0 Å². The van der Waals surface area contributed by atoms with Gasteiger partial charge in [-0.1, -0.05) is 30.3 Å². The van der Waals surface area contributed by atoms with Crippen LogP contribution in [0.25, 0.3) is 0 Å². The second kappa shape index (κ2) is 5.86. The normalized spacial score (nSPS) is 13.6. The van der Waals surface area contributed by atoms with Crippen molar-refractivity contribution in [2.75, 3.05) is 13.7 Å². The highest BCUT2D eigenvalue weighted by Crippen LogP contribution is 2.23. The minimum atomic E-state index is -1.21. The molecule has 104 valence electrons. The van der Waals surface area contributed by atoms with Crippen LogP contribution in [-0.2, 0) is 5.54 Å². The maximum Gasteiger partial charge on any atom is 0.188 e. The van der Waals surface area contributed by atoms with Crippen molar-refractivity contribution in [3.8, 4) is 5.75 Å². The number of Topliss-reactive ketones (excluding diaryl/α,β-unsaturated/α-hetero) is 1. The largest absolute Gasteiger partial charge is 0.497 e. The molecule has 0 heterocycles. The Hall–Kier alpha value is -2.17. The van der Waals surface area contributed by atoms with Crippen LogP contribution in [0, 0.1) is 0 Å². The van der Waals surface area contributed by atoms with Crippen molar-refractivity contribution < 1.29 is 9.53 Å². The minimum Gasteiger partial charge on any atom is -0.497 e. The summed E-state index contributed by atoms with van der Waals surface area (Å²) in [5.74, 6) is 0.491. The van der Waals surface area contributed by atoms with Crippen LogP contribution >= 0.6 is 0 Å². The summed E-state index contributed by atoms with van der Waals surface area (Å²) in [4.78, 5) is 12.7. The van der Waals surface area contributed by atoms with E-state index in [1.54, 1.807) is 31.4 Å². The number of ketones is 1. The molecule has 4 nitrogen and oxygen atoms in total. The summed E-state index contributed by atoms with van der Waals surface area (Å²) in [6, 6.07) is 16.0. The summed E-state index contributed by atoms with van der Waals surface area (Å²) in [6.07, 6.45) is 0. The van der Waals surface area contributed by atoms with Crippen molar-refractivity contribution in [1.29, 1.82) is 0 Å². The molecule has 0 aromatic heterocycles. The van der Waals surface area contributed by atoms with Gasteiger partial charge < -0.3 is 16.2 Å². The third kappa shape index (κ3) is 2.57. The van der Waals surface area contributed by atoms with Gasteiger partial charge in [0, 0.05) is 12.1 Å². The van der Waals surface area contributed by atoms with E-state index in [4.69, 9.17) is 16.2 Å². The number of carbonyl (C=O) groups excluding carboxylic acids is 1. The Labute approximate surface area is 118 Å². The van der Waals surface area contributed by atoms with Crippen LogP contribution in [0.4, 0.5) is 0 Å². The molecule has 4 heteroatoms. The summed E-state index contributed by atoms with van der Waals surface area (Å²) in [6.45, 7) is 0.0435. The maximum atomic E-state index is 12.7. The van der Waals surface area contributed by atoms with Gasteiger partial charge in [0.2, 0.25) is 0 Å². The van der Waals surface area contributed by atoms with Crippen LogP contribution in [0.1, 0.15) is 15.9 Å². The van der Waals surface area contributed by atoms with Gasteiger partial charge in [-0.25, -0.2) is 0 Å². The number of carbonyl (C=O) groups is 1. The Balaban J connectivity index is 2.37. The summed E-state index contributed by atoms with van der Waals surface area (Å²) in [5, 5.41) is 0. The van der Waals surface area contributed by atoms with E-state index in [2.05, 4.69) is 0 Å². The molecule has 2 aromatic carbocycles. The molecule has 0 amide bonds. The van der Waals surface area contributed by atoms with Crippen LogP contribution in [0.15, 0.2) is 54.6 Å². The first-order valence-electron chi connectivity index (χ1n) is 6.35. The Morgan fingerprint density at radius 1 is 1.10 bits per heavy atom. The highest BCUT2D eigenvalue weighted by atomic mass is 16.5. The molecule has 1 unspecified atom stereocenters. The third-order valence-corrected chi connectivity index (χ3v) is 3.37. The molecular formula is C16H18N2O2. The van der Waals surface area contributed by atoms with Crippen molar-refractivity contribution in [2.24, 2.45) is 11.5 Å². The molecule has 0 fully saturated rings. The van der Waals surface area contributed by atoms with Gasteiger partial charge in [0.25, 0.3) is 0 Å². The van der Waals surface area contributed by atoms with E-state index in [1.807, 2.05) is 30.3 Å². The second-order valence-electron chi connectivity index (χ2n) is 4.60. The number of nitrogens with two attached hydrogens (primary N) is 2. The van der Waals surface area contributed by atoms with Gasteiger partial charge in [0.1, 0.15) is 11.3 Å². The summed E-state index contributed by atoms with van der Waals surface area (Å²) in [7, 11) is 1.58. The number of ether oxygens (including phenoxy) is 1. The molecule has 4 N–H and O–H groups in total. The molecule has 0 aliphatic heterocycles. The van der Waals surface area contributed by atoms with Crippen molar-refractivity contribution >= 4 is 5.78 Å². The van der Waals surface area contributed by atoms with Crippen LogP contribution in [-0.4, -0.2) is 19.4 Å². The topological polar surface area (TPSA) is 78.3 Å². The van der Waals surface area contributed by atoms with Gasteiger partial charge >= 0.3 is 0 Å². The fourth-order valence-corrected chi connectivity index (χ4v) is 2.08. The van der Waals surface area contributed by atoms with Gasteiger partial charge in [-0.2, -0.15) is 0 Å². The van der Waals surface area contributed by atoms with Gasteiger partial charge in [0.15, 0.2) is 5.78 Å². The zero-order valence-electron chi connectivity index (χ0n) is 11.4. The Morgan fingerprint density at radius 2 is 1.70 bits per heavy atom. The zero-order valence-corrected chi connectivity index (χ0v) is 11.4. The van der Waals surface area contributed by atoms with Gasteiger partial charge in [-0.15, -0.1) is 0 Å². The first kappa shape index (κ1) is 14.2. The van der Waals surface area contributed by atoms with E-state index in [-0.39, 0.29) is 12.3 Å². The van der Waals surface area contributed by atoms with E-state index in [1.165, 1.54) is 0 Å². The molecule has 0 aliphatic rings. The third-order valence-electron chi connectivity index (χ3n) is 3.37. The first-order valence-corrected chi connectivity index (χ1v) is 6.35. The molecule has 0 aliphatic carbocycles. The number of hydrogen-bond donors (Lipinski definition) is 2. The summed E-state index contributed by atoms with van der Waals surface area (Å²) in [5.41, 5.74) is 12.0. The van der Waals surface area contributed by atoms with Crippen molar-refractivity contribution in [2.45, 2.75) is 5.54 Å². The predicted molar refractivity (Wildman–Crippen MR) is 78.7 cm³/mol. The lowest BCUT2D eigenvalue weighted by Gasteiger charge is -2.27. The lowest BCUT2D eigenvalue weighted by Crippen LogP contribution is -2.51.